The van der Waals surface area contributed by atoms with Gasteiger partial charge in [-0.1, -0.05) is 12.1 Å². The second-order valence-corrected chi connectivity index (χ2v) is 7.38. The summed E-state index contributed by atoms with van der Waals surface area (Å²) in [7, 11) is 0. The third-order valence-electron chi connectivity index (χ3n) is 5.40. The van der Waals surface area contributed by atoms with Gasteiger partial charge < -0.3 is 10.4 Å². The number of hydrogen-bond acceptors (Lipinski definition) is 7. The molecule has 0 aromatic heterocycles. The smallest absolute Gasteiger partial charge is 0.262 e. The first-order valence-electron chi connectivity index (χ1n) is 9.40. The lowest BCUT2D eigenvalue weighted by atomic mass is 10.0. The van der Waals surface area contributed by atoms with Gasteiger partial charge in [-0.15, -0.1) is 0 Å². The molecule has 4 rings (SSSR count). The molecule has 1 aromatic rings. The first-order chi connectivity index (χ1) is 13.5. The Hall–Kier alpha value is -2.62. The highest BCUT2D eigenvalue weighted by Crippen LogP contribution is 2.30. The Labute approximate surface area is 161 Å². The fourth-order valence-corrected chi connectivity index (χ4v) is 4.06. The lowest BCUT2D eigenvalue weighted by Crippen LogP contribution is -2.54. The average molecular weight is 386 g/mol. The van der Waals surface area contributed by atoms with E-state index in [1.165, 1.54) is 0 Å². The second kappa shape index (κ2) is 7.42. The number of carbonyl (C=O) groups is 4. The normalized spacial score (nSPS) is 26.2. The van der Waals surface area contributed by atoms with Gasteiger partial charge in [0.2, 0.25) is 11.8 Å². The lowest BCUT2D eigenvalue weighted by molar-refractivity contribution is -0.136. The SMILES string of the molecule is O=C1CCC(N2C(=O)c3cccc(CN4CCNCC(O)C4)c3C2=O)C(=O)N1. The summed E-state index contributed by atoms with van der Waals surface area (Å²) in [5.74, 6) is -2.02. The van der Waals surface area contributed by atoms with Crippen LogP contribution >= 0.6 is 0 Å². The van der Waals surface area contributed by atoms with Gasteiger partial charge in [0.15, 0.2) is 0 Å². The van der Waals surface area contributed by atoms with Gasteiger partial charge in [-0.2, -0.15) is 0 Å². The summed E-state index contributed by atoms with van der Waals surface area (Å²) in [5.41, 5.74) is 1.28. The molecule has 28 heavy (non-hydrogen) atoms. The lowest BCUT2D eigenvalue weighted by Gasteiger charge is -2.28. The van der Waals surface area contributed by atoms with Crippen molar-refractivity contribution >= 4 is 23.6 Å². The molecule has 0 saturated carbocycles. The van der Waals surface area contributed by atoms with Crippen molar-refractivity contribution in [3.8, 4) is 0 Å². The minimum Gasteiger partial charge on any atom is -0.390 e. The number of imide groups is 2. The van der Waals surface area contributed by atoms with Crippen LogP contribution in [0.3, 0.4) is 0 Å². The van der Waals surface area contributed by atoms with Gasteiger partial charge in [0.1, 0.15) is 6.04 Å². The molecule has 0 aliphatic carbocycles. The summed E-state index contributed by atoms with van der Waals surface area (Å²) in [4.78, 5) is 52.5. The van der Waals surface area contributed by atoms with Crippen LogP contribution in [-0.4, -0.2) is 76.9 Å². The van der Waals surface area contributed by atoms with Gasteiger partial charge in [0, 0.05) is 39.1 Å². The Morgan fingerprint density at radius 3 is 2.75 bits per heavy atom. The van der Waals surface area contributed by atoms with Crippen LogP contribution in [0.2, 0.25) is 0 Å². The van der Waals surface area contributed by atoms with Crippen LogP contribution in [0.25, 0.3) is 0 Å². The van der Waals surface area contributed by atoms with Crippen molar-refractivity contribution in [2.75, 3.05) is 26.2 Å². The predicted octanol–water partition coefficient (Wildman–Crippen LogP) is -1.15. The number of amides is 4. The van der Waals surface area contributed by atoms with E-state index >= 15 is 0 Å². The van der Waals surface area contributed by atoms with Crippen LogP contribution in [0, 0.1) is 0 Å². The molecular formula is C19H22N4O5. The van der Waals surface area contributed by atoms with Crippen molar-refractivity contribution in [3.05, 3.63) is 34.9 Å². The van der Waals surface area contributed by atoms with Gasteiger partial charge in [0.05, 0.1) is 17.2 Å². The van der Waals surface area contributed by atoms with Crippen molar-refractivity contribution in [1.29, 1.82) is 0 Å². The van der Waals surface area contributed by atoms with Gasteiger partial charge >= 0.3 is 0 Å². The molecular weight excluding hydrogens is 364 g/mol. The van der Waals surface area contributed by atoms with E-state index in [9.17, 15) is 24.3 Å². The van der Waals surface area contributed by atoms with Gasteiger partial charge in [-0.3, -0.25) is 34.3 Å². The molecule has 2 saturated heterocycles. The summed E-state index contributed by atoms with van der Waals surface area (Å²) >= 11 is 0. The summed E-state index contributed by atoms with van der Waals surface area (Å²) in [6, 6.07) is 4.13. The van der Waals surface area contributed by atoms with Crippen molar-refractivity contribution < 1.29 is 24.3 Å². The fraction of sp³-hybridized carbons (Fsp3) is 0.474. The molecule has 3 aliphatic rings. The Bertz CT molecular complexity index is 855. The maximum absolute atomic E-state index is 13.1. The maximum atomic E-state index is 13.1. The number of fused-ring (bicyclic) bond motifs is 1. The van der Waals surface area contributed by atoms with Crippen LogP contribution in [0.1, 0.15) is 39.1 Å². The van der Waals surface area contributed by atoms with E-state index in [4.69, 9.17) is 0 Å². The van der Waals surface area contributed by atoms with Crippen molar-refractivity contribution in [3.63, 3.8) is 0 Å². The fourth-order valence-electron chi connectivity index (χ4n) is 4.06. The summed E-state index contributed by atoms with van der Waals surface area (Å²) in [6.07, 6.45) is -0.276. The van der Waals surface area contributed by atoms with Crippen molar-refractivity contribution in [1.82, 2.24) is 20.4 Å². The third-order valence-corrected chi connectivity index (χ3v) is 5.40. The molecule has 0 radical (unpaired) electrons. The van der Waals surface area contributed by atoms with E-state index in [-0.39, 0.29) is 18.4 Å². The number of aliphatic hydroxyl groups is 1. The van der Waals surface area contributed by atoms with Crippen LogP contribution < -0.4 is 10.6 Å². The molecule has 3 aliphatic heterocycles. The first kappa shape index (κ1) is 18.7. The number of β-amino-alcohol motifs (C(OH)–C–C–N with tert-alkyl or cyclic N) is 1. The number of aliphatic hydroxyl groups excluding tert-OH is 1. The van der Waals surface area contributed by atoms with E-state index in [2.05, 4.69) is 10.6 Å². The highest BCUT2D eigenvalue weighted by molar-refractivity contribution is 6.24. The standard InChI is InChI=1S/C19H22N4O5/c24-12-8-20-6-7-22(10-12)9-11-2-1-3-13-16(11)19(28)23(18(13)27)14-4-5-15(25)21-17(14)26/h1-3,12,14,20,24H,4-10H2,(H,21,25,26). The number of hydrogen-bond donors (Lipinski definition) is 3. The van der Waals surface area contributed by atoms with Crippen LogP contribution in [0.5, 0.6) is 0 Å². The Morgan fingerprint density at radius 2 is 1.96 bits per heavy atom. The number of rotatable bonds is 3. The van der Waals surface area contributed by atoms with E-state index in [1.807, 2.05) is 4.90 Å². The maximum Gasteiger partial charge on any atom is 0.262 e. The number of piperidine rings is 1. The highest BCUT2D eigenvalue weighted by atomic mass is 16.3. The zero-order chi connectivity index (χ0) is 19.8. The molecule has 0 spiro atoms. The zero-order valence-electron chi connectivity index (χ0n) is 15.3. The molecule has 9 nitrogen and oxygen atoms in total. The number of nitrogens with zero attached hydrogens (tertiary/aromatic N) is 2. The molecule has 1 aromatic carbocycles. The van der Waals surface area contributed by atoms with E-state index < -0.39 is 35.8 Å². The van der Waals surface area contributed by atoms with Crippen LogP contribution in [-0.2, 0) is 16.1 Å². The molecule has 4 amide bonds. The monoisotopic (exact) mass is 386 g/mol. The predicted molar refractivity (Wildman–Crippen MR) is 97.3 cm³/mol. The van der Waals surface area contributed by atoms with Crippen molar-refractivity contribution in [2.45, 2.75) is 31.5 Å². The van der Waals surface area contributed by atoms with Crippen LogP contribution in [0.4, 0.5) is 0 Å². The summed E-state index contributed by atoms with van der Waals surface area (Å²) in [6.45, 7) is 2.84. The summed E-state index contributed by atoms with van der Waals surface area (Å²) in [5, 5.41) is 15.3. The molecule has 148 valence electrons. The average Bonchev–Trinajstić information content (AvgIpc) is 2.79. The number of benzene rings is 1. The minimum absolute atomic E-state index is 0.0926. The van der Waals surface area contributed by atoms with Gasteiger partial charge in [0.25, 0.3) is 11.8 Å². The molecule has 0 bridgehead atoms. The van der Waals surface area contributed by atoms with E-state index in [0.29, 0.717) is 37.3 Å². The number of nitrogens with one attached hydrogen (secondary N) is 2. The third kappa shape index (κ3) is 3.32. The summed E-state index contributed by atoms with van der Waals surface area (Å²) < 4.78 is 0. The van der Waals surface area contributed by atoms with E-state index in [0.717, 1.165) is 11.4 Å². The molecule has 2 atom stereocenters. The minimum atomic E-state index is -0.970. The van der Waals surface area contributed by atoms with Crippen LogP contribution in [0.15, 0.2) is 18.2 Å². The molecule has 3 heterocycles. The molecule has 9 heteroatoms. The Morgan fingerprint density at radius 1 is 1.14 bits per heavy atom. The Kier molecular flexibility index (Phi) is 4.96. The van der Waals surface area contributed by atoms with Crippen molar-refractivity contribution in [2.24, 2.45) is 0 Å². The quantitative estimate of drug-likeness (QED) is 0.562. The van der Waals surface area contributed by atoms with Gasteiger partial charge in [-0.25, -0.2) is 0 Å². The first-order valence-corrected chi connectivity index (χ1v) is 9.40. The van der Waals surface area contributed by atoms with E-state index in [1.54, 1.807) is 18.2 Å². The van der Waals surface area contributed by atoms with Gasteiger partial charge in [-0.05, 0) is 18.1 Å². The topological polar surface area (TPSA) is 119 Å². The number of carbonyl (C=O) groups excluding carboxylic acids is 4. The second-order valence-electron chi connectivity index (χ2n) is 7.38. The zero-order valence-corrected chi connectivity index (χ0v) is 15.3. The molecule has 2 fully saturated rings. The largest absolute Gasteiger partial charge is 0.390 e. The Balaban J connectivity index is 1.61. The molecule has 2 unspecified atom stereocenters. The highest BCUT2D eigenvalue weighted by Gasteiger charge is 2.45. The molecule has 3 N–H and O–H groups in total.